The minimum absolute atomic E-state index is 0.0671. The van der Waals surface area contributed by atoms with E-state index in [1.165, 1.54) is 12.7 Å². The number of methoxy groups -OCH3 is 1. The summed E-state index contributed by atoms with van der Waals surface area (Å²) in [5.41, 5.74) is 3.04. The molecule has 33 heavy (non-hydrogen) atoms. The highest BCUT2D eigenvalue weighted by Gasteiger charge is 2.20. The fraction of sp³-hybridized carbons (Fsp3) is 0.400. The summed E-state index contributed by atoms with van der Waals surface area (Å²) in [5.74, 6) is 0.623. The largest absolute Gasteiger partial charge is 0.465 e. The van der Waals surface area contributed by atoms with Crippen molar-refractivity contribution in [3.05, 3.63) is 75.8 Å². The molecule has 3 heterocycles. The molecule has 0 unspecified atom stereocenters. The molecule has 4 rings (SSSR count). The van der Waals surface area contributed by atoms with Crippen LogP contribution in [0, 0.1) is 13.8 Å². The number of hydrogen-bond donors (Lipinski definition) is 0. The fourth-order valence-corrected chi connectivity index (χ4v) is 4.41. The molecule has 8 nitrogen and oxygen atoms in total. The molecule has 0 N–H and O–H groups in total. The Balaban J connectivity index is 1.41. The average molecular weight is 450 g/mol. The lowest BCUT2D eigenvalue weighted by Crippen LogP contribution is -2.47. The Kier molecular flexibility index (Phi) is 6.93. The van der Waals surface area contributed by atoms with E-state index in [1.54, 1.807) is 22.9 Å². The van der Waals surface area contributed by atoms with Crippen LogP contribution in [0.2, 0.25) is 0 Å². The standard InChI is InChI=1S/C25H31N5O3/c1-19-9-10-26-23(17-19)28-15-13-27(14-16-28)11-6-12-29-24(31)18-20(2)30(29)22-8-5-4-7-21(22)25(32)33-3/h4-5,7-10,17-18H,6,11-16H2,1-3H3. The van der Waals surface area contributed by atoms with Gasteiger partial charge in [-0.1, -0.05) is 12.1 Å². The molecule has 0 atom stereocenters. The number of carbonyl (C=O) groups excluding carboxylic acids is 1. The van der Waals surface area contributed by atoms with E-state index in [-0.39, 0.29) is 5.56 Å². The predicted molar refractivity (Wildman–Crippen MR) is 128 cm³/mol. The molecular formula is C25H31N5O3. The van der Waals surface area contributed by atoms with Crippen LogP contribution >= 0.6 is 0 Å². The Bertz CT molecular complexity index is 1170. The first-order valence-corrected chi connectivity index (χ1v) is 11.3. The van der Waals surface area contributed by atoms with Gasteiger partial charge in [0.2, 0.25) is 0 Å². The lowest BCUT2D eigenvalue weighted by molar-refractivity contribution is 0.0600. The van der Waals surface area contributed by atoms with Crippen molar-refractivity contribution in [3.63, 3.8) is 0 Å². The lowest BCUT2D eigenvalue weighted by atomic mass is 10.2. The zero-order valence-corrected chi connectivity index (χ0v) is 19.5. The van der Waals surface area contributed by atoms with Gasteiger partial charge in [0, 0.05) is 57.2 Å². The van der Waals surface area contributed by atoms with Crippen LogP contribution in [0.4, 0.5) is 5.82 Å². The van der Waals surface area contributed by atoms with Gasteiger partial charge in [0.15, 0.2) is 0 Å². The molecule has 1 saturated heterocycles. The second-order valence-electron chi connectivity index (χ2n) is 8.44. The molecule has 2 aromatic heterocycles. The van der Waals surface area contributed by atoms with Crippen molar-refractivity contribution >= 4 is 11.8 Å². The number of ether oxygens (including phenoxy) is 1. The molecule has 1 aliphatic rings. The van der Waals surface area contributed by atoms with Gasteiger partial charge in [-0.3, -0.25) is 14.4 Å². The molecule has 0 bridgehead atoms. The highest BCUT2D eigenvalue weighted by molar-refractivity contribution is 5.93. The summed E-state index contributed by atoms with van der Waals surface area (Å²) >= 11 is 0. The summed E-state index contributed by atoms with van der Waals surface area (Å²) in [5, 5.41) is 0. The van der Waals surface area contributed by atoms with Crippen molar-refractivity contribution in [1.82, 2.24) is 19.2 Å². The van der Waals surface area contributed by atoms with Crippen molar-refractivity contribution in [3.8, 4) is 5.69 Å². The zero-order valence-electron chi connectivity index (χ0n) is 19.5. The van der Waals surface area contributed by atoms with Crippen LogP contribution in [0.15, 0.2) is 53.5 Å². The number of benzene rings is 1. The Hall–Kier alpha value is -3.39. The number of aryl methyl sites for hydroxylation is 2. The normalized spacial score (nSPS) is 14.5. The third kappa shape index (κ3) is 5.01. The number of hydrogen-bond acceptors (Lipinski definition) is 6. The minimum atomic E-state index is -0.418. The first-order valence-electron chi connectivity index (χ1n) is 11.3. The number of aromatic nitrogens is 3. The van der Waals surface area contributed by atoms with E-state index in [0.717, 1.165) is 50.7 Å². The van der Waals surface area contributed by atoms with E-state index in [1.807, 2.05) is 36.0 Å². The van der Waals surface area contributed by atoms with Gasteiger partial charge in [-0.15, -0.1) is 0 Å². The first-order chi connectivity index (χ1) is 16.0. The number of piperazine rings is 1. The average Bonchev–Trinajstić information content (AvgIpc) is 3.11. The third-order valence-corrected chi connectivity index (χ3v) is 6.14. The van der Waals surface area contributed by atoms with Crippen LogP contribution in [0.5, 0.6) is 0 Å². The number of esters is 1. The van der Waals surface area contributed by atoms with Crippen molar-refractivity contribution in [2.45, 2.75) is 26.8 Å². The van der Waals surface area contributed by atoms with Gasteiger partial charge < -0.3 is 9.64 Å². The monoisotopic (exact) mass is 449 g/mol. The topological polar surface area (TPSA) is 72.6 Å². The van der Waals surface area contributed by atoms with Gasteiger partial charge in [0.1, 0.15) is 5.82 Å². The zero-order chi connectivity index (χ0) is 23.4. The van der Waals surface area contributed by atoms with Gasteiger partial charge in [0.05, 0.1) is 18.4 Å². The SMILES string of the molecule is COC(=O)c1ccccc1-n1c(C)cc(=O)n1CCCN1CCN(c2cc(C)ccn2)CC1. The summed E-state index contributed by atoms with van der Waals surface area (Å²) in [7, 11) is 1.36. The second kappa shape index (κ2) is 10.0. The molecule has 0 amide bonds. The molecule has 174 valence electrons. The van der Waals surface area contributed by atoms with E-state index in [2.05, 4.69) is 27.8 Å². The van der Waals surface area contributed by atoms with Gasteiger partial charge in [-0.2, -0.15) is 0 Å². The Labute approximate surface area is 194 Å². The van der Waals surface area contributed by atoms with E-state index in [4.69, 9.17) is 4.74 Å². The lowest BCUT2D eigenvalue weighted by Gasteiger charge is -2.35. The van der Waals surface area contributed by atoms with Gasteiger partial charge >= 0.3 is 5.97 Å². The maximum Gasteiger partial charge on any atom is 0.340 e. The number of nitrogens with zero attached hydrogens (tertiary/aromatic N) is 5. The van der Waals surface area contributed by atoms with Gasteiger partial charge in [0.25, 0.3) is 5.56 Å². The van der Waals surface area contributed by atoms with Crippen molar-refractivity contribution in [2.75, 3.05) is 44.7 Å². The summed E-state index contributed by atoms with van der Waals surface area (Å²) in [4.78, 5) is 34.2. The van der Waals surface area contributed by atoms with Crippen LogP contribution in [0.3, 0.4) is 0 Å². The summed E-state index contributed by atoms with van der Waals surface area (Å²) in [6.45, 7) is 9.27. The Morgan fingerprint density at radius 1 is 1.03 bits per heavy atom. The molecule has 0 saturated carbocycles. The van der Waals surface area contributed by atoms with E-state index in [0.29, 0.717) is 17.8 Å². The van der Waals surface area contributed by atoms with Crippen LogP contribution in [0.1, 0.15) is 28.0 Å². The molecule has 1 fully saturated rings. The van der Waals surface area contributed by atoms with Crippen molar-refractivity contribution in [1.29, 1.82) is 0 Å². The van der Waals surface area contributed by atoms with E-state index < -0.39 is 5.97 Å². The van der Waals surface area contributed by atoms with Crippen LogP contribution in [0.25, 0.3) is 5.69 Å². The predicted octanol–water partition coefficient (Wildman–Crippen LogP) is 2.65. The Morgan fingerprint density at radius 2 is 1.79 bits per heavy atom. The molecule has 8 heteroatoms. The highest BCUT2D eigenvalue weighted by Crippen LogP contribution is 2.18. The molecule has 0 spiro atoms. The summed E-state index contributed by atoms with van der Waals surface area (Å²) in [6.07, 6.45) is 2.71. The van der Waals surface area contributed by atoms with Crippen molar-refractivity contribution < 1.29 is 9.53 Å². The van der Waals surface area contributed by atoms with E-state index in [9.17, 15) is 9.59 Å². The quantitative estimate of drug-likeness (QED) is 0.517. The number of anilines is 1. The number of pyridine rings is 1. The fourth-order valence-electron chi connectivity index (χ4n) is 4.41. The number of para-hydroxylation sites is 1. The number of rotatable bonds is 7. The first kappa shape index (κ1) is 22.8. The third-order valence-electron chi connectivity index (χ3n) is 6.14. The van der Waals surface area contributed by atoms with Crippen LogP contribution in [-0.4, -0.2) is 65.1 Å². The van der Waals surface area contributed by atoms with Crippen molar-refractivity contribution in [2.24, 2.45) is 0 Å². The van der Waals surface area contributed by atoms with Gasteiger partial charge in [-0.25, -0.2) is 14.5 Å². The summed E-state index contributed by atoms with van der Waals surface area (Å²) in [6, 6.07) is 13.0. The van der Waals surface area contributed by atoms with Gasteiger partial charge in [-0.05, 0) is 50.1 Å². The minimum Gasteiger partial charge on any atom is -0.465 e. The smallest absolute Gasteiger partial charge is 0.340 e. The molecular weight excluding hydrogens is 418 g/mol. The Morgan fingerprint density at radius 3 is 2.52 bits per heavy atom. The highest BCUT2D eigenvalue weighted by atomic mass is 16.5. The van der Waals surface area contributed by atoms with E-state index >= 15 is 0 Å². The molecule has 0 aliphatic carbocycles. The second-order valence-corrected chi connectivity index (χ2v) is 8.44. The molecule has 1 aromatic carbocycles. The van der Waals surface area contributed by atoms with Crippen LogP contribution < -0.4 is 10.5 Å². The molecule has 1 aliphatic heterocycles. The molecule has 0 radical (unpaired) electrons. The maximum absolute atomic E-state index is 12.7. The molecule has 3 aromatic rings. The summed E-state index contributed by atoms with van der Waals surface area (Å²) < 4.78 is 8.48. The number of carbonyl (C=O) groups is 1. The van der Waals surface area contributed by atoms with Crippen LogP contribution in [-0.2, 0) is 11.3 Å². The maximum atomic E-state index is 12.7.